The molecule has 1 aliphatic rings. The normalized spacial score (nSPS) is 23.6. The predicted molar refractivity (Wildman–Crippen MR) is 65.0 cm³/mol. The van der Waals surface area contributed by atoms with Crippen LogP contribution in [0.25, 0.3) is 5.52 Å². The summed E-state index contributed by atoms with van der Waals surface area (Å²) in [6, 6.07) is 2.44. The standard InChI is InChI=1S/C12H16N4O/c1-2-17-10-7-9(8-10)15-12-11-3-4-14-16(11)6-5-13-12/h3-6,9-10H,2,7-8H2,1H3,(H,13,15). The van der Waals surface area contributed by atoms with Gasteiger partial charge in [-0.1, -0.05) is 0 Å². The van der Waals surface area contributed by atoms with Crippen molar-refractivity contribution in [1.82, 2.24) is 14.6 Å². The van der Waals surface area contributed by atoms with E-state index in [0.29, 0.717) is 12.1 Å². The first-order valence-corrected chi connectivity index (χ1v) is 6.03. The number of fused-ring (bicyclic) bond motifs is 1. The lowest BCUT2D eigenvalue weighted by Gasteiger charge is -2.35. The minimum absolute atomic E-state index is 0.419. The van der Waals surface area contributed by atoms with Gasteiger partial charge in [-0.2, -0.15) is 5.10 Å². The summed E-state index contributed by atoms with van der Waals surface area (Å²) in [5, 5.41) is 7.63. The van der Waals surface area contributed by atoms with Gasteiger partial charge in [-0.25, -0.2) is 9.50 Å². The first-order chi connectivity index (χ1) is 8.36. The zero-order valence-corrected chi connectivity index (χ0v) is 9.84. The van der Waals surface area contributed by atoms with Crippen LogP contribution in [-0.2, 0) is 4.74 Å². The lowest BCUT2D eigenvalue weighted by molar-refractivity contribution is 0.00294. The summed E-state index contributed by atoms with van der Waals surface area (Å²) in [6.45, 7) is 2.84. The molecular formula is C12H16N4O. The van der Waals surface area contributed by atoms with Gasteiger partial charge in [-0.05, 0) is 25.8 Å². The molecule has 2 aromatic heterocycles. The van der Waals surface area contributed by atoms with Crippen LogP contribution in [0.4, 0.5) is 5.82 Å². The number of rotatable bonds is 4. The molecular weight excluding hydrogens is 216 g/mol. The molecule has 1 fully saturated rings. The van der Waals surface area contributed by atoms with E-state index in [-0.39, 0.29) is 0 Å². The molecule has 0 unspecified atom stereocenters. The molecule has 2 aromatic rings. The second kappa shape index (κ2) is 4.33. The van der Waals surface area contributed by atoms with Crippen molar-refractivity contribution in [3.63, 3.8) is 0 Å². The predicted octanol–water partition coefficient (Wildman–Crippen LogP) is 1.71. The van der Waals surface area contributed by atoms with Crippen LogP contribution in [0.3, 0.4) is 0 Å². The Morgan fingerprint density at radius 1 is 1.47 bits per heavy atom. The van der Waals surface area contributed by atoms with Gasteiger partial charge in [0.15, 0.2) is 5.82 Å². The quantitative estimate of drug-likeness (QED) is 0.871. The highest BCUT2D eigenvalue weighted by molar-refractivity contribution is 5.67. The number of anilines is 1. The molecule has 0 radical (unpaired) electrons. The molecule has 0 atom stereocenters. The maximum atomic E-state index is 5.54. The van der Waals surface area contributed by atoms with Gasteiger partial charge < -0.3 is 10.1 Å². The van der Waals surface area contributed by atoms with E-state index >= 15 is 0 Å². The topological polar surface area (TPSA) is 51.5 Å². The van der Waals surface area contributed by atoms with Crippen molar-refractivity contribution < 1.29 is 4.74 Å². The molecule has 0 spiro atoms. The zero-order valence-electron chi connectivity index (χ0n) is 9.84. The molecule has 1 N–H and O–H groups in total. The third-order valence-corrected chi connectivity index (χ3v) is 3.16. The van der Waals surface area contributed by atoms with Gasteiger partial charge in [0.1, 0.15) is 5.52 Å². The number of hydrogen-bond donors (Lipinski definition) is 1. The van der Waals surface area contributed by atoms with Gasteiger partial charge in [0.25, 0.3) is 0 Å². The lowest BCUT2D eigenvalue weighted by Crippen LogP contribution is -2.41. The molecule has 0 saturated heterocycles. The number of hydrogen-bond acceptors (Lipinski definition) is 4. The van der Waals surface area contributed by atoms with Crippen molar-refractivity contribution in [3.05, 3.63) is 24.7 Å². The van der Waals surface area contributed by atoms with Crippen molar-refractivity contribution in [1.29, 1.82) is 0 Å². The maximum Gasteiger partial charge on any atom is 0.152 e. The lowest BCUT2D eigenvalue weighted by atomic mass is 9.89. The largest absolute Gasteiger partial charge is 0.378 e. The molecule has 3 rings (SSSR count). The van der Waals surface area contributed by atoms with Crippen molar-refractivity contribution in [2.45, 2.75) is 31.9 Å². The molecule has 1 aliphatic carbocycles. The van der Waals surface area contributed by atoms with Crippen LogP contribution < -0.4 is 5.32 Å². The highest BCUT2D eigenvalue weighted by atomic mass is 16.5. The highest BCUT2D eigenvalue weighted by Gasteiger charge is 2.29. The van der Waals surface area contributed by atoms with Gasteiger partial charge in [-0.3, -0.25) is 0 Å². The fraction of sp³-hybridized carbons (Fsp3) is 0.500. The summed E-state index contributed by atoms with van der Waals surface area (Å²) in [7, 11) is 0. The van der Waals surface area contributed by atoms with Gasteiger partial charge in [0, 0.05) is 25.0 Å². The van der Waals surface area contributed by atoms with E-state index in [1.54, 1.807) is 12.4 Å². The van der Waals surface area contributed by atoms with Crippen LogP contribution in [0.5, 0.6) is 0 Å². The monoisotopic (exact) mass is 232 g/mol. The van der Waals surface area contributed by atoms with Crippen LogP contribution in [-0.4, -0.2) is 33.4 Å². The number of ether oxygens (including phenoxy) is 1. The molecule has 1 saturated carbocycles. The van der Waals surface area contributed by atoms with E-state index in [2.05, 4.69) is 15.4 Å². The summed E-state index contributed by atoms with van der Waals surface area (Å²) < 4.78 is 7.37. The van der Waals surface area contributed by atoms with E-state index in [1.807, 2.05) is 23.7 Å². The summed E-state index contributed by atoms with van der Waals surface area (Å²) >= 11 is 0. The Bertz CT molecular complexity index is 504. The van der Waals surface area contributed by atoms with Crippen LogP contribution in [0.15, 0.2) is 24.7 Å². The summed E-state index contributed by atoms with van der Waals surface area (Å²) in [6.07, 6.45) is 7.94. The van der Waals surface area contributed by atoms with Crippen molar-refractivity contribution in [2.24, 2.45) is 0 Å². The van der Waals surface area contributed by atoms with Crippen LogP contribution in [0.1, 0.15) is 19.8 Å². The van der Waals surface area contributed by atoms with Gasteiger partial charge >= 0.3 is 0 Å². The van der Waals surface area contributed by atoms with Crippen LogP contribution in [0.2, 0.25) is 0 Å². The fourth-order valence-electron chi connectivity index (χ4n) is 2.22. The SMILES string of the molecule is CCOC1CC(Nc2nccn3nccc23)C1. The van der Waals surface area contributed by atoms with Crippen LogP contribution >= 0.6 is 0 Å². The molecule has 0 aliphatic heterocycles. The Balaban J connectivity index is 1.68. The molecule has 0 bridgehead atoms. The molecule has 5 heteroatoms. The smallest absolute Gasteiger partial charge is 0.152 e. The van der Waals surface area contributed by atoms with Gasteiger partial charge in [0.2, 0.25) is 0 Å². The average Bonchev–Trinajstić information content (AvgIpc) is 2.75. The summed E-state index contributed by atoms with van der Waals surface area (Å²) in [4.78, 5) is 4.36. The molecule has 90 valence electrons. The van der Waals surface area contributed by atoms with E-state index < -0.39 is 0 Å². The Morgan fingerprint density at radius 3 is 3.18 bits per heavy atom. The summed E-state index contributed by atoms with van der Waals surface area (Å²) in [5.74, 6) is 0.907. The molecule has 0 aromatic carbocycles. The highest BCUT2D eigenvalue weighted by Crippen LogP contribution is 2.27. The number of aromatic nitrogens is 3. The number of nitrogens with zero attached hydrogens (tertiary/aromatic N) is 3. The fourth-order valence-corrected chi connectivity index (χ4v) is 2.22. The Hall–Kier alpha value is -1.62. The second-order valence-corrected chi connectivity index (χ2v) is 4.33. The minimum Gasteiger partial charge on any atom is -0.378 e. The Kier molecular flexibility index (Phi) is 2.68. The second-order valence-electron chi connectivity index (χ2n) is 4.33. The zero-order chi connectivity index (χ0) is 11.7. The van der Waals surface area contributed by atoms with Crippen molar-refractivity contribution in [3.8, 4) is 0 Å². The first-order valence-electron chi connectivity index (χ1n) is 6.03. The maximum absolute atomic E-state index is 5.54. The van der Waals surface area contributed by atoms with Crippen LogP contribution in [0, 0.1) is 0 Å². The van der Waals surface area contributed by atoms with E-state index in [9.17, 15) is 0 Å². The molecule has 17 heavy (non-hydrogen) atoms. The van der Waals surface area contributed by atoms with Crippen molar-refractivity contribution in [2.75, 3.05) is 11.9 Å². The molecule has 0 amide bonds. The van der Waals surface area contributed by atoms with E-state index in [4.69, 9.17) is 4.74 Å². The third kappa shape index (κ3) is 1.98. The third-order valence-electron chi connectivity index (χ3n) is 3.16. The molecule has 2 heterocycles. The van der Waals surface area contributed by atoms with Crippen molar-refractivity contribution >= 4 is 11.3 Å². The van der Waals surface area contributed by atoms with Gasteiger partial charge in [-0.15, -0.1) is 0 Å². The Morgan fingerprint density at radius 2 is 2.35 bits per heavy atom. The summed E-state index contributed by atoms with van der Waals surface area (Å²) in [5.41, 5.74) is 1.02. The van der Waals surface area contributed by atoms with Gasteiger partial charge in [0.05, 0.1) is 12.3 Å². The minimum atomic E-state index is 0.419. The van der Waals surface area contributed by atoms with E-state index in [1.165, 1.54) is 0 Å². The molecule has 5 nitrogen and oxygen atoms in total. The average molecular weight is 232 g/mol. The number of nitrogens with one attached hydrogen (secondary N) is 1. The van der Waals surface area contributed by atoms with E-state index in [0.717, 1.165) is 30.8 Å². The Labute approximate surface area is 99.8 Å². The first kappa shape index (κ1) is 10.5.